The van der Waals surface area contributed by atoms with E-state index in [-0.39, 0.29) is 17.6 Å². The fourth-order valence-corrected chi connectivity index (χ4v) is 2.05. The molecule has 1 aromatic rings. The highest BCUT2D eigenvalue weighted by Gasteiger charge is 2.18. The van der Waals surface area contributed by atoms with E-state index < -0.39 is 5.82 Å². The van der Waals surface area contributed by atoms with Gasteiger partial charge in [-0.3, -0.25) is 5.43 Å². The molecule has 0 radical (unpaired) electrons. The molecule has 1 aliphatic rings. The minimum Gasteiger partial charge on any atom is -0.487 e. The van der Waals surface area contributed by atoms with E-state index in [2.05, 4.69) is 10.5 Å². The van der Waals surface area contributed by atoms with Crippen molar-refractivity contribution in [3.05, 3.63) is 24.0 Å². The Morgan fingerprint density at radius 2 is 2.00 bits per heavy atom. The van der Waals surface area contributed by atoms with Crippen LogP contribution in [0.15, 0.2) is 23.3 Å². The van der Waals surface area contributed by atoms with Crippen molar-refractivity contribution in [1.29, 1.82) is 10.5 Å². The van der Waals surface area contributed by atoms with Crippen LogP contribution in [0.4, 0.5) is 10.1 Å². The van der Waals surface area contributed by atoms with Crippen LogP contribution in [0.2, 0.25) is 0 Å². The molecule has 0 unspecified atom stereocenters. The van der Waals surface area contributed by atoms with Gasteiger partial charge in [0.15, 0.2) is 11.6 Å². The van der Waals surface area contributed by atoms with E-state index in [1.807, 2.05) is 0 Å². The summed E-state index contributed by atoms with van der Waals surface area (Å²) in [6.45, 7) is 0. The van der Waals surface area contributed by atoms with Gasteiger partial charge in [-0.2, -0.15) is 15.6 Å². The minimum absolute atomic E-state index is 0.0881. The number of halogens is 1. The van der Waals surface area contributed by atoms with Crippen LogP contribution >= 0.6 is 0 Å². The monoisotopic (exact) mass is 272 g/mol. The summed E-state index contributed by atoms with van der Waals surface area (Å²) in [7, 11) is 0. The molecule has 0 atom stereocenters. The molecule has 1 fully saturated rings. The van der Waals surface area contributed by atoms with Gasteiger partial charge < -0.3 is 4.74 Å². The smallest absolute Gasteiger partial charge is 0.237 e. The number of benzene rings is 1. The molecule has 0 aliphatic heterocycles. The molecule has 0 spiro atoms. The number of nitrogens with zero attached hydrogens (tertiary/aromatic N) is 3. The van der Waals surface area contributed by atoms with Gasteiger partial charge in [0.25, 0.3) is 0 Å². The van der Waals surface area contributed by atoms with Gasteiger partial charge in [-0.1, -0.05) is 0 Å². The van der Waals surface area contributed by atoms with E-state index in [0.29, 0.717) is 5.69 Å². The Morgan fingerprint density at radius 3 is 2.60 bits per heavy atom. The third kappa shape index (κ3) is 3.46. The molecule has 0 heterocycles. The molecule has 1 aromatic carbocycles. The van der Waals surface area contributed by atoms with Crippen molar-refractivity contribution < 1.29 is 9.13 Å². The van der Waals surface area contributed by atoms with E-state index in [1.54, 1.807) is 18.2 Å². The van der Waals surface area contributed by atoms with E-state index in [4.69, 9.17) is 15.3 Å². The normalized spacial score (nSPS) is 14.2. The third-order valence-corrected chi connectivity index (χ3v) is 3.04. The SMILES string of the molecule is N#CC(C#N)=NNc1ccc(OC2CCCC2)c(F)c1. The first kappa shape index (κ1) is 13.8. The van der Waals surface area contributed by atoms with Gasteiger partial charge >= 0.3 is 0 Å². The zero-order valence-electron chi connectivity index (χ0n) is 10.8. The number of hydrogen-bond donors (Lipinski definition) is 1. The van der Waals surface area contributed by atoms with Crippen molar-refractivity contribution in [3.63, 3.8) is 0 Å². The lowest BCUT2D eigenvalue weighted by atomic mass is 10.2. The van der Waals surface area contributed by atoms with E-state index in [9.17, 15) is 4.39 Å². The van der Waals surface area contributed by atoms with Gasteiger partial charge in [0.2, 0.25) is 5.71 Å². The van der Waals surface area contributed by atoms with Crippen molar-refractivity contribution in [3.8, 4) is 17.9 Å². The molecular formula is C14H13FN4O. The van der Waals surface area contributed by atoms with Crippen molar-refractivity contribution in [1.82, 2.24) is 0 Å². The summed E-state index contributed by atoms with van der Waals surface area (Å²) in [5, 5.41) is 20.6. The summed E-state index contributed by atoms with van der Waals surface area (Å²) >= 11 is 0. The molecule has 6 heteroatoms. The van der Waals surface area contributed by atoms with Gasteiger partial charge in [-0.15, -0.1) is 0 Å². The highest BCUT2D eigenvalue weighted by Crippen LogP contribution is 2.27. The van der Waals surface area contributed by atoms with Crippen LogP contribution in [-0.2, 0) is 0 Å². The van der Waals surface area contributed by atoms with Gasteiger partial charge in [0.1, 0.15) is 12.1 Å². The second kappa shape index (κ2) is 6.53. The number of rotatable bonds is 4. The quantitative estimate of drug-likeness (QED) is 0.674. The average Bonchev–Trinajstić information content (AvgIpc) is 2.96. The first-order valence-corrected chi connectivity index (χ1v) is 6.33. The number of nitrogens with one attached hydrogen (secondary N) is 1. The second-order valence-electron chi connectivity index (χ2n) is 4.47. The molecule has 5 nitrogen and oxygen atoms in total. The predicted molar refractivity (Wildman–Crippen MR) is 71.6 cm³/mol. The Bertz CT molecular complexity index is 578. The molecular weight excluding hydrogens is 259 g/mol. The van der Waals surface area contributed by atoms with E-state index in [0.717, 1.165) is 25.7 Å². The van der Waals surface area contributed by atoms with Crippen LogP contribution in [-0.4, -0.2) is 11.8 Å². The number of hydrogen-bond acceptors (Lipinski definition) is 5. The van der Waals surface area contributed by atoms with Gasteiger partial charge in [0, 0.05) is 6.07 Å². The molecule has 2 rings (SSSR count). The minimum atomic E-state index is -0.493. The summed E-state index contributed by atoms with van der Waals surface area (Å²) < 4.78 is 19.4. The number of ether oxygens (including phenoxy) is 1. The van der Waals surface area contributed by atoms with E-state index >= 15 is 0 Å². The summed E-state index contributed by atoms with van der Waals surface area (Å²) in [6.07, 6.45) is 4.23. The fraction of sp³-hybridized carbons (Fsp3) is 0.357. The van der Waals surface area contributed by atoms with Crippen LogP contribution < -0.4 is 10.2 Å². The van der Waals surface area contributed by atoms with Crippen LogP contribution in [0.25, 0.3) is 0 Å². The maximum Gasteiger partial charge on any atom is 0.237 e. The maximum atomic E-state index is 13.8. The fourth-order valence-electron chi connectivity index (χ4n) is 2.05. The summed E-state index contributed by atoms with van der Waals surface area (Å²) in [5.74, 6) is -0.278. The number of anilines is 1. The Balaban J connectivity index is 2.04. The number of hydrazone groups is 1. The third-order valence-electron chi connectivity index (χ3n) is 3.04. The molecule has 0 bridgehead atoms. The molecule has 1 N–H and O–H groups in total. The maximum absolute atomic E-state index is 13.8. The van der Waals surface area contributed by atoms with E-state index in [1.165, 1.54) is 12.1 Å². The van der Waals surface area contributed by atoms with Crippen molar-refractivity contribution in [2.24, 2.45) is 5.10 Å². The van der Waals surface area contributed by atoms with Gasteiger partial charge in [0.05, 0.1) is 11.8 Å². The highest BCUT2D eigenvalue weighted by atomic mass is 19.1. The number of nitriles is 2. The summed E-state index contributed by atoms with van der Waals surface area (Å²) in [4.78, 5) is 0. The van der Waals surface area contributed by atoms with Gasteiger partial charge in [-0.25, -0.2) is 4.39 Å². The molecule has 1 saturated carbocycles. The zero-order valence-corrected chi connectivity index (χ0v) is 10.8. The van der Waals surface area contributed by atoms with Crippen molar-refractivity contribution >= 4 is 11.4 Å². The van der Waals surface area contributed by atoms with Crippen LogP contribution in [0.3, 0.4) is 0 Å². The Morgan fingerprint density at radius 1 is 1.30 bits per heavy atom. The zero-order chi connectivity index (χ0) is 14.4. The lowest BCUT2D eigenvalue weighted by molar-refractivity contribution is 0.201. The summed E-state index contributed by atoms with van der Waals surface area (Å²) in [5.41, 5.74) is 2.48. The first-order valence-electron chi connectivity index (χ1n) is 6.33. The Labute approximate surface area is 116 Å². The molecule has 1 aliphatic carbocycles. The largest absolute Gasteiger partial charge is 0.487 e. The highest BCUT2D eigenvalue weighted by molar-refractivity contribution is 6.10. The molecule has 0 saturated heterocycles. The predicted octanol–water partition coefficient (Wildman–Crippen LogP) is 2.96. The van der Waals surface area contributed by atoms with Crippen LogP contribution in [0, 0.1) is 28.5 Å². The lowest BCUT2D eigenvalue weighted by Crippen LogP contribution is -2.11. The molecule has 0 aromatic heterocycles. The summed E-state index contributed by atoms with van der Waals surface area (Å²) in [6, 6.07) is 7.54. The second-order valence-corrected chi connectivity index (χ2v) is 4.47. The lowest BCUT2D eigenvalue weighted by Gasteiger charge is -2.14. The first-order chi connectivity index (χ1) is 9.72. The van der Waals surface area contributed by atoms with Crippen LogP contribution in [0.5, 0.6) is 5.75 Å². The Kier molecular flexibility index (Phi) is 4.52. The average molecular weight is 272 g/mol. The van der Waals surface area contributed by atoms with Crippen molar-refractivity contribution in [2.75, 3.05) is 5.43 Å². The van der Waals surface area contributed by atoms with Gasteiger partial charge in [-0.05, 0) is 37.8 Å². The van der Waals surface area contributed by atoms with Crippen molar-refractivity contribution in [2.45, 2.75) is 31.8 Å². The molecule has 102 valence electrons. The standard InChI is InChI=1S/C14H13FN4O/c15-13-7-10(18-19-11(8-16)9-17)5-6-14(13)20-12-3-1-2-4-12/h5-7,12,18H,1-4H2. The Hall–Kier alpha value is -2.60. The van der Waals surface area contributed by atoms with Crippen LogP contribution in [0.1, 0.15) is 25.7 Å². The topological polar surface area (TPSA) is 81.2 Å². The molecule has 0 amide bonds. The molecule has 20 heavy (non-hydrogen) atoms.